The van der Waals surface area contributed by atoms with Crippen LogP contribution < -0.4 is 5.73 Å². The summed E-state index contributed by atoms with van der Waals surface area (Å²) in [5, 5.41) is 0. The van der Waals surface area contributed by atoms with Crippen molar-refractivity contribution < 1.29 is 4.79 Å². The third-order valence-electron chi connectivity index (χ3n) is 2.61. The molecule has 0 aromatic heterocycles. The van der Waals surface area contributed by atoms with Gasteiger partial charge < -0.3 is 5.73 Å². The molecule has 0 fully saturated rings. The molecule has 2 N–H and O–H groups in total. The molecule has 0 saturated carbocycles. The van der Waals surface area contributed by atoms with Crippen molar-refractivity contribution in [1.29, 1.82) is 0 Å². The van der Waals surface area contributed by atoms with Gasteiger partial charge in [0.25, 0.3) is 0 Å². The summed E-state index contributed by atoms with van der Waals surface area (Å²) >= 11 is 3.39. The maximum atomic E-state index is 11.2. The van der Waals surface area contributed by atoms with Crippen LogP contribution in [0.2, 0.25) is 0 Å². The van der Waals surface area contributed by atoms with Gasteiger partial charge in [0.05, 0.1) is 0 Å². The topological polar surface area (TPSA) is 43.1 Å². The summed E-state index contributed by atoms with van der Waals surface area (Å²) in [6.07, 6.45) is 0. The molecule has 0 amide bonds. The Morgan fingerprint density at radius 3 is 2.29 bits per heavy atom. The quantitative estimate of drug-likeness (QED) is 0.673. The molecule has 0 aliphatic heterocycles. The van der Waals surface area contributed by atoms with Gasteiger partial charge in [0.1, 0.15) is 0 Å². The first-order valence-electron chi connectivity index (χ1n) is 5.24. The van der Waals surface area contributed by atoms with Crippen molar-refractivity contribution in [1.82, 2.24) is 0 Å². The van der Waals surface area contributed by atoms with Crippen LogP contribution in [0.3, 0.4) is 0 Å². The number of halogens is 1. The zero-order valence-corrected chi connectivity index (χ0v) is 11.0. The Morgan fingerprint density at radius 2 is 1.76 bits per heavy atom. The van der Waals surface area contributed by atoms with Gasteiger partial charge in [0.15, 0.2) is 5.78 Å². The van der Waals surface area contributed by atoms with Crippen molar-refractivity contribution in [3.8, 4) is 11.1 Å². The number of carbonyl (C=O) groups excluding carboxylic acids is 1. The first-order valence-corrected chi connectivity index (χ1v) is 6.03. The highest BCUT2D eigenvalue weighted by Gasteiger charge is 2.05. The van der Waals surface area contributed by atoms with Gasteiger partial charge in [-0.1, -0.05) is 40.2 Å². The summed E-state index contributed by atoms with van der Waals surface area (Å²) < 4.78 is 1.03. The van der Waals surface area contributed by atoms with Crippen molar-refractivity contribution in [2.24, 2.45) is 0 Å². The number of carbonyl (C=O) groups is 1. The van der Waals surface area contributed by atoms with Crippen LogP contribution in [0.5, 0.6) is 0 Å². The largest absolute Gasteiger partial charge is 0.398 e. The lowest BCUT2D eigenvalue weighted by Crippen LogP contribution is -1.96. The standard InChI is InChI=1S/C14H12BrNO/c1-9(17)11-4-7-13(14(16)8-11)10-2-5-12(15)6-3-10/h2-8H,16H2,1H3. The zero-order chi connectivity index (χ0) is 12.4. The van der Waals surface area contributed by atoms with Crippen LogP contribution in [0.25, 0.3) is 11.1 Å². The highest BCUT2D eigenvalue weighted by Crippen LogP contribution is 2.28. The minimum Gasteiger partial charge on any atom is -0.398 e. The summed E-state index contributed by atoms with van der Waals surface area (Å²) in [5.41, 5.74) is 9.22. The van der Waals surface area contributed by atoms with Gasteiger partial charge in [-0.05, 0) is 30.7 Å². The van der Waals surface area contributed by atoms with E-state index in [0.29, 0.717) is 11.3 Å². The van der Waals surface area contributed by atoms with E-state index in [1.165, 1.54) is 6.92 Å². The molecule has 0 unspecified atom stereocenters. The monoisotopic (exact) mass is 289 g/mol. The Hall–Kier alpha value is -1.61. The highest BCUT2D eigenvalue weighted by molar-refractivity contribution is 9.10. The summed E-state index contributed by atoms with van der Waals surface area (Å²) in [7, 11) is 0. The number of rotatable bonds is 2. The van der Waals surface area contributed by atoms with E-state index in [-0.39, 0.29) is 5.78 Å². The van der Waals surface area contributed by atoms with Gasteiger partial charge >= 0.3 is 0 Å². The molecule has 0 radical (unpaired) electrons. The number of ketones is 1. The predicted molar refractivity (Wildman–Crippen MR) is 74.0 cm³/mol. The van der Waals surface area contributed by atoms with Crippen LogP contribution in [0.15, 0.2) is 46.9 Å². The van der Waals surface area contributed by atoms with Gasteiger partial charge in [-0.15, -0.1) is 0 Å². The lowest BCUT2D eigenvalue weighted by Gasteiger charge is -2.07. The smallest absolute Gasteiger partial charge is 0.159 e. The van der Waals surface area contributed by atoms with Crippen molar-refractivity contribution in [3.05, 3.63) is 52.5 Å². The third-order valence-corrected chi connectivity index (χ3v) is 3.14. The Balaban J connectivity index is 2.46. The summed E-state index contributed by atoms with van der Waals surface area (Å²) in [6, 6.07) is 13.3. The van der Waals surface area contributed by atoms with Crippen LogP contribution in [0.4, 0.5) is 5.69 Å². The predicted octanol–water partition coefficient (Wildman–Crippen LogP) is 3.90. The maximum absolute atomic E-state index is 11.2. The minimum absolute atomic E-state index is 0.0269. The molecule has 0 saturated heterocycles. The van der Waals surface area contributed by atoms with E-state index < -0.39 is 0 Å². The molecular weight excluding hydrogens is 278 g/mol. The Labute approximate surface area is 109 Å². The average Bonchev–Trinajstić information content (AvgIpc) is 2.30. The second kappa shape index (κ2) is 4.72. The van der Waals surface area contributed by atoms with Crippen LogP contribution >= 0.6 is 15.9 Å². The van der Waals surface area contributed by atoms with Crippen molar-refractivity contribution in [2.45, 2.75) is 6.92 Å². The second-order valence-electron chi connectivity index (χ2n) is 3.87. The number of benzene rings is 2. The van der Waals surface area contributed by atoms with E-state index >= 15 is 0 Å². The molecule has 0 bridgehead atoms. The molecule has 2 aromatic rings. The van der Waals surface area contributed by atoms with Crippen molar-refractivity contribution in [3.63, 3.8) is 0 Å². The molecule has 86 valence electrons. The number of nitrogens with two attached hydrogens (primary N) is 1. The molecular formula is C14H12BrNO. The molecule has 0 aliphatic rings. The van der Waals surface area contributed by atoms with Gasteiger partial charge in [-0.2, -0.15) is 0 Å². The maximum Gasteiger partial charge on any atom is 0.159 e. The fourth-order valence-electron chi connectivity index (χ4n) is 1.67. The minimum atomic E-state index is 0.0269. The Morgan fingerprint density at radius 1 is 1.12 bits per heavy atom. The Bertz CT molecular complexity index is 561. The Kier molecular flexibility index (Phi) is 3.29. The molecule has 2 nitrogen and oxygen atoms in total. The molecule has 0 heterocycles. The summed E-state index contributed by atoms with van der Waals surface area (Å²) in [6.45, 7) is 1.54. The number of hydrogen-bond acceptors (Lipinski definition) is 2. The second-order valence-corrected chi connectivity index (χ2v) is 4.78. The van der Waals surface area contributed by atoms with Crippen LogP contribution in [-0.2, 0) is 0 Å². The molecule has 3 heteroatoms. The molecule has 17 heavy (non-hydrogen) atoms. The van der Waals surface area contributed by atoms with E-state index in [0.717, 1.165) is 15.6 Å². The van der Waals surface area contributed by atoms with Crippen LogP contribution in [-0.4, -0.2) is 5.78 Å². The highest BCUT2D eigenvalue weighted by atomic mass is 79.9. The number of hydrogen-bond donors (Lipinski definition) is 1. The number of Topliss-reactive ketones (excluding diaryl/α,β-unsaturated/α-hetero) is 1. The SMILES string of the molecule is CC(=O)c1ccc(-c2ccc(Br)cc2)c(N)c1. The molecule has 2 rings (SSSR count). The van der Waals surface area contributed by atoms with Crippen LogP contribution in [0.1, 0.15) is 17.3 Å². The normalized spacial score (nSPS) is 10.2. The fraction of sp³-hybridized carbons (Fsp3) is 0.0714. The first kappa shape index (κ1) is 11.9. The molecule has 0 spiro atoms. The van der Waals surface area contributed by atoms with E-state index in [4.69, 9.17) is 5.73 Å². The average molecular weight is 290 g/mol. The summed E-state index contributed by atoms with van der Waals surface area (Å²) in [5.74, 6) is 0.0269. The first-order chi connectivity index (χ1) is 8.08. The number of nitrogen functional groups attached to an aromatic ring is 1. The lowest BCUT2D eigenvalue weighted by molar-refractivity contribution is 0.101. The number of anilines is 1. The van der Waals surface area contributed by atoms with Crippen LogP contribution in [0, 0.1) is 0 Å². The molecule has 2 aromatic carbocycles. The van der Waals surface area contributed by atoms with E-state index in [1.807, 2.05) is 30.3 Å². The summed E-state index contributed by atoms with van der Waals surface area (Å²) in [4.78, 5) is 11.2. The third kappa shape index (κ3) is 2.56. The van der Waals surface area contributed by atoms with Crippen molar-refractivity contribution >= 4 is 27.4 Å². The van der Waals surface area contributed by atoms with Gasteiger partial charge in [-0.3, -0.25) is 4.79 Å². The van der Waals surface area contributed by atoms with E-state index in [9.17, 15) is 4.79 Å². The van der Waals surface area contributed by atoms with Gasteiger partial charge in [0.2, 0.25) is 0 Å². The van der Waals surface area contributed by atoms with E-state index in [1.54, 1.807) is 12.1 Å². The molecule has 0 atom stereocenters. The molecule has 0 aliphatic carbocycles. The van der Waals surface area contributed by atoms with Crippen molar-refractivity contribution in [2.75, 3.05) is 5.73 Å². The van der Waals surface area contributed by atoms with Gasteiger partial charge in [-0.25, -0.2) is 0 Å². The lowest BCUT2D eigenvalue weighted by atomic mass is 10.0. The van der Waals surface area contributed by atoms with Gasteiger partial charge in [0, 0.05) is 21.3 Å². The van der Waals surface area contributed by atoms with E-state index in [2.05, 4.69) is 15.9 Å². The fourth-order valence-corrected chi connectivity index (χ4v) is 1.94. The zero-order valence-electron chi connectivity index (χ0n) is 9.41.